The molecule has 0 amide bonds. The minimum atomic E-state index is -0.0337. The molecule has 7 nitrogen and oxygen atoms in total. The summed E-state index contributed by atoms with van der Waals surface area (Å²) < 4.78 is 12.9. The molecule has 2 N–H and O–H groups in total. The molecule has 0 fully saturated rings. The number of methoxy groups -OCH3 is 1. The van der Waals surface area contributed by atoms with Crippen LogP contribution in [0, 0.1) is 6.92 Å². The van der Waals surface area contributed by atoms with Gasteiger partial charge in [-0.15, -0.1) is 24.0 Å². The third kappa shape index (κ3) is 8.64. The van der Waals surface area contributed by atoms with Crippen LogP contribution in [0.15, 0.2) is 52.3 Å². The van der Waals surface area contributed by atoms with Gasteiger partial charge in [-0.25, -0.2) is 0 Å². The highest BCUT2D eigenvalue weighted by molar-refractivity contribution is 14.0. The molecule has 1 unspecified atom stereocenters. The first-order valence-electron chi connectivity index (χ1n) is 9.95. The van der Waals surface area contributed by atoms with Crippen molar-refractivity contribution in [2.45, 2.75) is 39.3 Å². The molecule has 0 radical (unpaired) electrons. The molecule has 0 spiro atoms. The summed E-state index contributed by atoms with van der Waals surface area (Å²) in [5.74, 6) is 2.28. The second-order valence-corrected chi connectivity index (χ2v) is 6.85. The largest absolute Gasteiger partial charge is 0.497 e. The van der Waals surface area contributed by atoms with Gasteiger partial charge in [-0.3, -0.25) is 9.79 Å². The molecular formula is C22H33IN4O3. The van der Waals surface area contributed by atoms with Gasteiger partial charge in [0.25, 0.3) is 5.56 Å². The Kier molecular flexibility index (Phi) is 12.0. The minimum Gasteiger partial charge on any atom is -0.497 e. The molecular weight excluding hydrogens is 495 g/mol. The van der Waals surface area contributed by atoms with Crippen molar-refractivity contribution in [3.05, 3.63) is 58.5 Å². The Morgan fingerprint density at radius 3 is 2.57 bits per heavy atom. The van der Waals surface area contributed by atoms with Crippen LogP contribution in [-0.4, -0.2) is 43.9 Å². The van der Waals surface area contributed by atoms with Crippen LogP contribution in [0.4, 0.5) is 0 Å². The average Bonchev–Trinajstić information content (AvgIpc) is 2.72. The lowest BCUT2D eigenvalue weighted by Crippen LogP contribution is -2.42. The zero-order valence-electron chi connectivity index (χ0n) is 18.2. The van der Waals surface area contributed by atoms with E-state index < -0.39 is 0 Å². The average molecular weight is 528 g/mol. The van der Waals surface area contributed by atoms with Crippen LogP contribution < -0.4 is 25.7 Å². The molecule has 2 aromatic rings. The molecule has 0 bridgehead atoms. The van der Waals surface area contributed by atoms with Gasteiger partial charge in [0, 0.05) is 38.0 Å². The van der Waals surface area contributed by atoms with Crippen molar-refractivity contribution in [2.75, 3.05) is 27.2 Å². The van der Waals surface area contributed by atoms with Crippen molar-refractivity contribution >= 4 is 29.9 Å². The number of nitrogens with one attached hydrogen (secondary N) is 2. The van der Waals surface area contributed by atoms with E-state index in [1.807, 2.05) is 48.7 Å². The molecule has 0 aliphatic rings. The lowest BCUT2D eigenvalue weighted by Gasteiger charge is -2.18. The molecule has 8 heteroatoms. The first-order valence-corrected chi connectivity index (χ1v) is 9.95. The summed E-state index contributed by atoms with van der Waals surface area (Å²) in [5, 5.41) is 6.57. The number of pyridine rings is 1. The highest BCUT2D eigenvalue weighted by Crippen LogP contribution is 2.19. The number of hydrogen-bond donors (Lipinski definition) is 2. The van der Waals surface area contributed by atoms with Gasteiger partial charge in [0.1, 0.15) is 17.6 Å². The van der Waals surface area contributed by atoms with E-state index >= 15 is 0 Å². The van der Waals surface area contributed by atoms with Crippen LogP contribution in [0.2, 0.25) is 0 Å². The SMILES string of the molecule is CN=C(NCCCCn1c(C)cccc1=O)NCC(C)Oc1cccc(OC)c1.I. The monoisotopic (exact) mass is 528 g/mol. The number of aliphatic imine (C=N–C) groups is 1. The number of benzene rings is 1. The number of nitrogens with zero attached hydrogens (tertiary/aromatic N) is 2. The summed E-state index contributed by atoms with van der Waals surface area (Å²) in [4.78, 5) is 16.1. The van der Waals surface area contributed by atoms with Crippen LogP contribution in [-0.2, 0) is 6.54 Å². The second kappa shape index (κ2) is 13.9. The molecule has 166 valence electrons. The summed E-state index contributed by atoms with van der Waals surface area (Å²) >= 11 is 0. The summed E-state index contributed by atoms with van der Waals surface area (Å²) in [6, 6.07) is 12.9. The fraction of sp³-hybridized carbons (Fsp3) is 0.455. The van der Waals surface area contributed by atoms with Gasteiger partial charge < -0.3 is 24.7 Å². The number of aromatic nitrogens is 1. The number of ether oxygens (including phenoxy) is 2. The Hall–Kier alpha value is -2.23. The van der Waals surface area contributed by atoms with E-state index in [2.05, 4.69) is 15.6 Å². The maximum absolute atomic E-state index is 11.9. The lowest BCUT2D eigenvalue weighted by atomic mass is 10.3. The van der Waals surface area contributed by atoms with Gasteiger partial charge in [0.15, 0.2) is 5.96 Å². The number of guanidine groups is 1. The number of halogens is 1. The molecule has 30 heavy (non-hydrogen) atoms. The third-order valence-electron chi connectivity index (χ3n) is 4.53. The van der Waals surface area contributed by atoms with Crippen molar-refractivity contribution in [2.24, 2.45) is 4.99 Å². The van der Waals surface area contributed by atoms with E-state index in [1.165, 1.54) is 0 Å². The minimum absolute atomic E-state index is 0. The van der Waals surface area contributed by atoms with Crippen molar-refractivity contribution < 1.29 is 9.47 Å². The second-order valence-electron chi connectivity index (χ2n) is 6.85. The third-order valence-corrected chi connectivity index (χ3v) is 4.53. The lowest BCUT2D eigenvalue weighted by molar-refractivity contribution is 0.223. The van der Waals surface area contributed by atoms with E-state index in [1.54, 1.807) is 26.3 Å². The van der Waals surface area contributed by atoms with Crippen molar-refractivity contribution in [1.29, 1.82) is 0 Å². The smallest absolute Gasteiger partial charge is 0.250 e. The van der Waals surface area contributed by atoms with Gasteiger partial charge in [0.05, 0.1) is 13.7 Å². The molecule has 1 aromatic heterocycles. The molecule has 1 aromatic carbocycles. The molecule has 0 aliphatic carbocycles. The van der Waals surface area contributed by atoms with Gasteiger partial charge in [-0.05, 0) is 44.9 Å². The molecule has 0 aliphatic heterocycles. The van der Waals surface area contributed by atoms with Crippen molar-refractivity contribution in [3.8, 4) is 11.5 Å². The first kappa shape index (κ1) is 25.8. The Bertz CT molecular complexity index is 854. The molecule has 0 saturated carbocycles. The Morgan fingerprint density at radius 1 is 1.13 bits per heavy atom. The van der Waals surface area contributed by atoms with Crippen LogP contribution in [0.3, 0.4) is 0 Å². The molecule has 2 rings (SSSR count). The first-order chi connectivity index (χ1) is 14.0. The molecule has 1 atom stereocenters. The summed E-state index contributed by atoms with van der Waals surface area (Å²) in [5.41, 5.74) is 1.05. The summed E-state index contributed by atoms with van der Waals surface area (Å²) in [7, 11) is 3.38. The van der Waals surface area contributed by atoms with Crippen LogP contribution in [0.5, 0.6) is 11.5 Å². The van der Waals surface area contributed by atoms with Crippen LogP contribution in [0.25, 0.3) is 0 Å². The Balaban J connectivity index is 0.00000450. The number of hydrogen-bond acceptors (Lipinski definition) is 4. The predicted molar refractivity (Wildman–Crippen MR) is 133 cm³/mol. The van der Waals surface area contributed by atoms with Gasteiger partial charge in [-0.2, -0.15) is 0 Å². The molecule has 1 heterocycles. The number of aryl methyl sites for hydroxylation is 1. The highest BCUT2D eigenvalue weighted by atomic mass is 127. The van der Waals surface area contributed by atoms with Gasteiger partial charge in [-0.1, -0.05) is 12.1 Å². The van der Waals surface area contributed by atoms with Gasteiger partial charge in [0.2, 0.25) is 0 Å². The predicted octanol–water partition coefficient (Wildman–Crippen LogP) is 3.20. The maximum atomic E-state index is 11.9. The zero-order chi connectivity index (χ0) is 21.1. The number of unbranched alkanes of at least 4 members (excludes halogenated alkanes) is 1. The fourth-order valence-electron chi connectivity index (χ4n) is 2.92. The van der Waals surface area contributed by atoms with E-state index in [0.29, 0.717) is 6.54 Å². The van der Waals surface area contributed by atoms with E-state index in [0.717, 1.165) is 49.1 Å². The van der Waals surface area contributed by atoms with E-state index in [-0.39, 0.29) is 35.6 Å². The van der Waals surface area contributed by atoms with E-state index in [4.69, 9.17) is 9.47 Å². The zero-order valence-corrected chi connectivity index (χ0v) is 20.5. The Labute approximate surface area is 195 Å². The van der Waals surface area contributed by atoms with Gasteiger partial charge >= 0.3 is 0 Å². The molecule has 0 saturated heterocycles. The Morgan fingerprint density at radius 2 is 1.87 bits per heavy atom. The number of rotatable bonds is 10. The normalized spacial score (nSPS) is 11.9. The topological polar surface area (TPSA) is 76.9 Å². The summed E-state index contributed by atoms with van der Waals surface area (Å²) in [6.07, 6.45) is 1.83. The van der Waals surface area contributed by atoms with Crippen molar-refractivity contribution in [3.63, 3.8) is 0 Å². The van der Waals surface area contributed by atoms with Crippen LogP contribution in [0.1, 0.15) is 25.5 Å². The fourth-order valence-corrected chi connectivity index (χ4v) is 2.92. The van der Waals surface area contributed by atoms with E-state index in [9.17, 15) is 4.79 Å². The van der Waals surface area contributed by atoms with Crippen LogP contribution >= 0.6 is 24.0 Å². The highest BCUT2D eigenvalue weighted by Gasteiger charge is 2.07. The standard InChI is InChI=1S/C22H32N4O3.HI/c1-17-9-7-12-21(27)26(17)14-6-5-13-24-22(23-3)25-16-18(2)29-20-11-8-10-19(15-20)28-4;/h7-12,15,18H,5-6,13-14,16H2,1-4H3,(H2,23,24,25);1H. The quantitative estimate of drug-likeness (QED) is 0.215. The maximum Gasteiger partial charge on any atom is 0.250 e. The summed E-state index contributed by atoms with van der Waals surface area (Å²) in [6.45, 7) is 6.09. The van der Waals surface area contributed by atoms with Crippen molar-refractivity contribution in [1.82, 2.24) is 15.2 Å².